The second-order valence-electron chi connectivity index (χ2n) is 32.3. The molecular formula is C80H142N16O16. The van der Waals surface area contributed by atoms with Crippen molar-refractivity contribution in [2.45, 2.75) is 300 Å². The lowest BCUT2D eigenvalue weighted by atomic mass is 9.95. The number of amides is 13. The number of allylic oxidation sites excluding steroid dienone is 1. The van der Waals surface area contributed by atoms with Crippen LogP contribution < -0.4 is 86.3 Å². The molecule has 638 valence electrons. The van der Waals surface area contributed by atoms with Crippen molar-refractivity contribution < 1.29 is 77.6 Å². The number of hydrogen-bond acceptors (Lipinski definition) is 19. The van der Waals surface area contributed by atoms with E-state index >= 15 is 0 Å². The lowest BCUT2D eigenvalue weighted by molar-refractivity contribution is -0.137. The molecule has 0 spiro atoms. The Labute approximate surface area is 664 Å². The molecule has 0 saturated carbocycles. The van der Waals surface area contributed by atoms with E-state index in [2.05, 4.69) is 69.1 Å². The third kappa shape index (κ3) is 36.7. The van der Waals surface area contributed by atoms with Crippen LogP contribution in [-0.4, -0.2) is 197 Å². The molecule has 1 rings (SSSR count). The van der Waals surface area contributed by atoms with E-state index in [4.69, 9.17) is 17.2 Å². The largest absolute Gasteiger partial charge is 0.508 e. The Hall–Kier alpha value is -8.33. The van der Waals surface area contributed by atoms with E-state index in [-0.39, 0.29) is 113 Å². The summed E-state index contributed by atoms with van der Waals surface area (Å²) in [5, 5.41) is 66.4. The van der Waals surface area contributed by atoms with Gasteiger partial charge in [-0.2, -0.15) is 0 Å². The fourth-order valence-electron chi connectivity index (χ4n) is 12.1. The number of nitrogens with two attached hydrogens (primary N) is 3. The van der Waals surface area contributed by atoms with Crippen LogP contribution in [0.2, 0.25) is 0 Å². The normalized spacial score (nSPS) is 15.8. The van der Waals surface area contributed by atoms with Gasteiger partial charge in [0.25, 0.3) is 11.8 Å². The van der Waals surface area contributed by atoms with Crippen molar-refractivity contribution in [3.05, 3.63) is 41.6 Å². The Balaban J connectivity index is 3.65. The number of unbranched alkanes of at least 4 members (excludes halogenated alkanes) is 2. The smallest absolute Gasteiger partial charge is 0.268 e. The van der Waals surface area contributed by atoms with Gasteiger partial charge in [0.15, 0.2) is 0 Å². The summed E-state index contributed by atoms with van der Waals surface area (Å²) in [6.07, 6.45) is 2.98. The molecule has 32 heteroatoms. The van der Waals surface area contributed by atoms with E-state index in [1.807, 2.05) is 55.4 Å². The van der Waals surface area contributed by atoms with Gasteiger partial charge in [-0.1, -0.05) is 156 Å². The van der Waals surface area contributed by atoms with E-state index < -0.39 is 185 Å². The SMILES string of the molecule is C/C=C(/NC(=O)C(O)[C@H](C)CC)C(=O)N[C@@H](CC(C)C)C(=O)N[C@H](CCCN)C(=O)NC(C(=O)N[C@H](C(=O)N[C@H](C(=O)NC(CCCCN)C(=O)N[C@H](C(=O)NC(CC(C)C)C(=O)NC(CCCCN)C(=O)N[C@H](Cc1ccc(O)cc1)C(=O)NC(CC(C)C)C(=O)N[C@H](CO)C(C)C)C(C)C)C(C)C)C(C)C)[C@@H](C)CC. The zero-order valence-corrected chi connectivity index (χ0v) is 70.2. The van der Waals surface area contributed by atoms with Crippen LogP contribution in [0.15, 0.2) is 36.0 Å². The van der Waals surface area contributed by atoms with Crippen molar-refractivity contribution >= 4 is 76.8 Å². The molecule has 0 heterocycles. The number of hydrogen-bond donors (Lipinski definition) is 19. The maximum absolute atomic E-state index is 14.7. The van der Waals surface area contributed by atoms with Crippen LogP contribution in [-0.2, 0) is 68.7 Å². The number of phenolic OH excluding ortho intramolecular Hbond substituents is 1. The molecule has 0 fully saturated rings. The van der Waals surface area contributed by atoms with Crippen LogP contribution in [0, 0.1) is 53.3 Å². The topological polar surface area (TPSA) is 517 Å². The molecule has 13 amide bonds. The Morgan fingerprint density at radius 3 is 1.08 bits per heavy atom. The highest BCUT2D eigenvalue weighted by Gasteiger charge is 2.40. The second-order valence-corrected chi connectivity index (χ2v) is 32.3. The minimum atomic E-state index is -1.40. The van der Waals surface area contributed by atoms with E-state index in [1.165, 1.54) is 25.1 Å². The minimum Gasteiger partial charge on any atom is -0.508 e. The summed E-state index contributed by atoms with van der Waals surface area (Å²) in [7, 11) is 0. The molecular weight excluding hydrogens is 1440 g/mol. The van der Waals surface area contributed by atoms with Gasteiger partial charge < -0.3 is 102 Å². The molecule has 0 radical (unpaired) electrons. The molecule has 1 aromatic rings. The van der Waals surface area contributed by atoms with Crippen LogP contribution in [0.25, 0.3) is 0 Å². The number of carbonyl (C=O) groups excluding carboxylic acids is 13. The van der Waals surface area contributed by atoms with Crippen molar-refractivity contribution in [2.24, 2.45) is 70.5 Å². The third-order valence-electron chi connectivity index (χ3n) is 19.6. The average Bonchev–Trinajstić information content (AvgIpc) is 0.846. The number of benzene rings is 1. The van der Waals surface area contributed by atoms with Crippen LogP contribution in [0.1, 0.15) is 221 Å². The standard InChI is InChI=1S/C80H142N16O16/c1-20-50(18)66(96-71(103)57(30-27-37-83)86-72(104)58(38-43(4)5)88-68(100)54(22-3)84-80(112)67(99)51(19)21-2)79(111)95-65(49(16)17)78(110)94-64(48(14)15)76(108)87-56(29-24-26-36-82)70(102)93-63(47(12)13)77(109)91-60(40-45(8)9)73(105)85-55(28-23-25-35-81)69(101)90-61(41-52-31-33-53(98)34-32-52)75(107)89-59(39-44(6)7)74(106)92-62(42-97)46(10)11/h22,31-34,43-51,55-67,97-99H,20-21,23-30,35-42,81-83H2,1-19H3,(H,84,112)(H,85,105)(H,86,104)(H,87,108)(H,88,100)(H,89,107)(H,90,101)(H,91,109)(H,92,106)(H,93,102)(H,94,110)(H,95,111)(H,96,103)/b54-22+/t50-,51+,55?,56?,57+,58-,59?,60?,61+,62+,63-,64-,65-,66?,67?/m0/s1. The lowest BCUT2D eigenvalue weighted by Crippen LogP contribution is -2.62. The summed E-state index contributed by atoms with van der Waals surface area (Å²) in [5.74, 6) is -13.2. The van der Waals surface area contributed by atoms with E-state index in [1.54, 1.807) is 81.4 Å². The summed E-state index contributed by atoms with van der Waals surface area (Å²) < 4.78 is 0. The molecule has 0 bridgehead atoms. The Kier molecular flexibility index (Phi) is 48.0. The molecule has 22 N–H and O–H groups in total. The van der Waals surface area contributed by atoms with Crippen LogP contribution in [0.5, 0.6) is 5.75 Å². The number of rotatable bonds is 54. The van der Waals surface area contributed by atoms with Crippen LogP contribution >= 0.6 is 0 Å². The summed E-state index contributed by atoms with van der Waals surface area (Å²) in [5.41, 5.74) is 18.0. The summed E-state index contributed by atoms with van der Waals surface area (Å²) in [6, 6.07) is -8.64. The minimum absolute atomic E-state index is 0.0213. The van der Waals surface area contributed by atoms with Crippen molar-refractivity contribution in [3.8, 4) is 5.75 Å². The van der Waals surface area contributed by atoms with Gasteiger partial charge in [-0.15, -0.1) is 0 Å². The molecule has 0 aromatic heterocycles. The van der Waals surface area contributed by atoms with Crippen molar-refractivity contribution in [3.63, 3.8) is 0 Å². The first-order chi connectivity index (χ1) is 52.6. The van der Waals surface area contributed by atoms with E-state index in [0.717, 1.165) is 0 Å². The van der Waals surface area contributed by atoms with Gasteiger partial charge in [-0.05, 0) is 168 Å². The predicted molar refractivity (Wildman–Crippen MR) is 431 cm³/mol. The molecule has 32 nitrogen and oxygen atoms in total. The summed E-state index contributed by atoms with van der Waals surface area (Å²) >= 11 is 0. The van der Waals surface area contributed by atoms with Crippen LogP contribution in [0.3, 0.4) is 0 Å². The zero-order chi connectivity index (χ0) is 85.4. The third-order valence-corrected chi connectivity index (χ3v) is 19.6. The van der Waals surface area contributed by atoms with Crippen molar-refractivity contribution in [1.29, 1.82) is 0 Å². The average molecular weight is 1580 g/mol. The van der Waals surface area contributed by atoms with Gasteiger partial charge in [0, 0.05) is 6.42 Å². The maximum atomic E-state index is 14.7. The van der Waals surface area contributed by atoms with Crippen molar-refractivity contribution in [2.75, 3.05) is 26.2 Å². The number of phenols is 1. The van der Waals surface area contributed by atoms with Crippen LogP contribution in [0.4, 0.5) is 0 Å². The monoisotopic (exact) mass is 1580 g/mol. The van der Waals surface area contributed by atoms with Gasteiger partial charge >= 0.3 is 0 Å². The number of aliphatic hydroxyl groups excluding tert-OH is 2. The van der Waals surface area contributed by atoms with Crippen molar-refractivity contribution in [1.82, 2.24) is 69.1 Å². The Morgan fingerprint density at radius 2 is 0.696 bits per heavy atom. The quantitative estimate of drug-likeness (QED) is 0.0327. The first-order valence-corrected chi connectivity index (χ1v) is 40.4. The number of aliphatic hydroxyl groups is 2. The highest BCUT2D eigenvalue weighted by molar-refractivity contribution is 6.02. The molecule has 112 heavy (non-hydrogen) atoms. The maximum Gasteiger partial charge on any atom is 0.268 e. The molecule has 0 aliphatic carbocycles. The Morgan fingerprint density at radius 1 is 0.375 bits per heavy atom. The van der Waals surface area contributed by atoms with E-state index in [9.17, 15) is 77.6 Å². The first kappa shape index (κ1) is 102. The molecule has 0 saturated heterocycles. The fraction of sp³-hybridized carbons (Fsp3) is 0.738. The highest BCUT2D eigenvalue weighted by atomic mass is 16.3. The molecule has 0 aliphatic heterocycles. The Bertz CT molecular complexity index is 3170. The summed E-state index contributed by atoms with van der Waals surface area (Å²) in [6.45, 7) is 33.4. The zero-order valence-electron chi connectivity index (χ0n) is 70.2. The number of carbonyl (C=O) groups is 13. The molecule has 15 atom stereocenters. The fourth-order valence-corrected chi connectivity index (χ4v) is 12.1. The molecule has 0 aliphatic rings. The van der Waals surface area contributed by atoms with Gasteiger partial charge in [0.1, 0.15) is 84.0 Å². The van der Waals surface area contributed by atoms with Gasteiger partial charge in [-0.3, -0.25) is 62.3 Å². The van der Waals surface area contributed by atoms with E-state index in [0.29, 0.717) is 44.1 Å². The predicted octanol–water partition coefficient (Wildman–Crippen LogP) is 1.98. The van der Waals surface area contributed by atoms with Gasteiger partial charge in [0.2, 0.25) is 65.0 Å². The number of aromatic hydroxyl groups is 1. The highest BCUT2D eigenvalue weighted by Crippen LogP contribution is 2.19. The number of nitrogens with one attached hydrogen (secondary N) is 13. The van der Waals surface area contributed by atoms with Gasteiger partial charge in [0.05, 0.1) is 12.6 Å². The summed E-state index contributed by atoms with van der Waals surface area (Å²) in [4.78, 5) is 186. The lowest BCUT2D eigenvalue weighted by Gasteiger charge is -2.31. The first-order valence-electron chi connectivity index (χ1n) is 40.4. The molecule has 6 unspecified atom stereocenters. The second kappa shape index (κ2) is 52.9. The van der Waals surface area contributed by atoms with Gasteiger partial charge in [-0.25, -0.2) is 0 Å². The molecule has 1 aromatic carbocycles.